The van der Waals surface area contributed by atoms with Gasteiger partial charge in [0.1, 0.15) is 0 Å². The van der Waals surface area contributed by atoms with E-state index in [4.69, 9.17) is 4.74 Å². The summed E-state index contributed by atoms with van der Waals surface area (Å²) in [7, 11) is 4.14. The Kier molecular flexibility index (Phi) is 6.49. The second kappa shape index (κ2) is 8.13. The molecular weight excluding hydrogens is 316 g/mol. The Morgan fingerprint density at radius 2 is 2.10 bits per heavy atom. The summed E-state index contributed by atoms with van der Waals surface area (Å²) < 4.78 is 6.76. The fourth-order valence-electron chi connectivity index (χ4n) is 2.50. The predicted octanol–water partition coefficient (Wildman–Crippen LogP) is 2.86. The zero-order valence-corrected chi connectivity index (χ0v) is 14.0. The molecule has 0 spiro atoms. The van der Waals surface area contributed by atoms with Gasteiger partial charge >= 0.3 is 0 Å². The van der Waals surface area contributed by atoms with Crippen molar-refractivity contribution in [3.05, 3.63) is 34.3 Å². The fraction of sp³-hybridized carbons (Fsp3) is 0.625. The second-order valence-electron chi connectivity index (χ2n) is 5.79. The van der Waals surface area contributed by atoms with Crippen molar-refractivity contribution in [1.29, 1.82) is 0 Å². The van der Waals surface area contributed by atoms with Crippen molar-refractivity contribution >= 4 is 15.9 Å². The summed E-state index contributed by atoms with van der Waals surface area (Å²) in [4.78, 5) is 2.14. The number of rotatable bonds is 8. The Balaban J connectivity index is 1.54. The van der Waals surface area contributed by atoms with Gasteiger partial charge in [-0.05, 0) is 50.6 Å². The molecule has 1 aromatic carbocycles. The van der Waals surface area contributed by atoms with Gasteiger partial charge in [0.25, 0.3) is 0 Å². The van der Waals surface area contributed by atoms with Crippen LogP contribution in [0.3, 0.4) is 0 Å². The van der Waals surface area contributed by atoms with Crippen LogP contribution < -0.4 is 5.32 Å². The maximum absolute atomic E-state index is 5.58. The van der Waals surface area contributed by atoms with Crippen LogP contribution in [0.1, 0.15) is 24.3 Å². The molecule has 0 heterocycles. The van der Waals surface area contributed by atoms with E-state index >= 15 is 0 Å². The quantitative estimate of drug-likeness (QED) is 0.736. The summed E-state index contributed by atoms with van der Waals surface area (Å²) >= 11 is 3.54. The predicted molar refractivity (Wildman–Crippen MR) is 87.3 cm³/mol. The molecule has 0 aromatic heterocycles. The Hall–Kier alpha value is -0.420. The van der Waals surface area contributed by atoms with Crippen molar-refractivity contribution in [3.63, 3.8) is 0 Å². The van der Waals surface area contributed by atoms with Crippen LogP contribution in [0.2, 0.25) is 0 Å². The van der Waals surface area contributed by atoms with Gasteiger partial charge in [0.05, 0.1) is 13.2 Å². The molecular formula is C16H25BrN2O. The number of nitrogens with one attached hydrogen (secondary N) is 1. The average molecular weight is 341 g/mol. The zero-order chi connectivity index (χ0) is 14.4. The van der Waals surface area contributed by atoms with Gasteiger partial charge in [-0.25, -0.2) is 0 Å². The molecule has 1 aromatic rings. The molecule has 20 heavy (non-hydrogen) atoms. The lowest BCUT2D eigenvalue weighted by atomic mass is 9.76. The van der Waals surface area contributed by atoms with Crippen LogP contribution in [0.25, 0.3) is 0 Å². The molecule has 4 heteroatoms. The minimum Gasteiger partial charge on any atom is -0.379 e. The fourth-order valence-corrected chi connectivity index (χ4v) is 2.92. The normalized spacial score (nSPS) is 22.0. The Bertz CT molecular complexity index is 405. The molecule has 112 valence electrons. The lowest BCUT2D eigenvalue weighted by molar-refractivity contribution is 0.114. The van der Waals surface area contributed by atoms with Crippen molar-refractivity contribution in [2.75, 3.05) is 40.4 Å². The standard InChI is InChI=1S/C16H25BrN2O/c1-19(2)7-9-20-8-6-18-16-11-14(12-16)13-4-3-5-15(17)10-13/h3-5,10,14,16,18H,6-9,11-12H2,1-2H3. The number of hydrogen-bond donors (Lipinski definition) is 1. The number of benzene rings is 1. The summed E-state index contributed by atoms with van der Waals surface area (Å²) in [5.41, 5.74) is 1.46. The third-order valence-electron chi connectivity index (χ3n) is 3.82. The molecule has 1 saturated carbocycles. The first-order chi connectivity index (χ1) is 9.65. The highest BCUT2D eigenvalue weighted by Gasteiger charge is 2.29. The van der Waals surface area contributed by atoms with Crippen LogP contribution in [-0.2, 0) is 4.74 Å². The average Bonchev–Trinajstić information content (AvgIpc) is 2.35. The maximum Gasteiger partial charge on any atom is 0.0593 e. The van der Waals surface area contributed by atoms with Gasteiger partial charge in [-0.2, -0.15) is 0 Å². The van der Waals surface area contributed by atoms with E-state index in [2.05, 4.69) is 64.5 Å². The van der Waals surface area contributed by atoms with Crippen molar-refractivity contribution in [1.82, 2.24) is 10.2 Å². The summed E-state index contributed by atoms with van der Waals surface area (Å²) in [6.45, 7) is 3.59. The van der Waals surface area contributed by atoms with Crippen LogP contribution in [0.15, 0.2) is 28.7 Å². The number of ether oxygens (including phenoxy) is 1. The molecule has 0 aliphatic heterocycles. The number of likely N-dealkylation sites (N-methyl/N-ethyl adjacent to an activating group) is 1. The smallest absolute Gasteiger partial charge is 0.0593 e. The molecule has 2 rings (SSSR count). The van der Waals surface area contributed by atoms with Crippen LogP contribution in [0.4, 0.5) is 0 Å². The van der Waals surface area contributed by atoms with Crippen LogP contribution in [0.5, 0.6) is 0 Å². The van der Waals surface area contributed by atoms with Gasteiger partial charge in [-0.1, -0.05) is 28.1 Å². The first-order valence-electron chi connectivity index (χ1n) is 7.36. The summed E-state index contributed by atoms with van der Waals surface area (Å²) in [6.07, 6.45) is 2.49. The van der Waals surface area contributed by atoms with Gasteiger partial charge in [0, 0.05) is 23.6 Å². The van der Waals surface area contributed by atoms with E-state index in [0.29, 0.717) is 6.04 Å². The summed E-state index contributed by atoms with van der Waals surface area (Å²) in [6, 6.07) is 9.35. The summed E-state index contributed by atoms with van der Waals surface area (Å²) in [5, 5.41) is 3.57. The third kappa shape index (κ3) is 5.17. The zero-order valence-electron chi connectivity index (χ0n) is 12.4. The Labute approximate surface area is 130 Å². The largest absolute Gasteiger partial charge is 0.379 e. The summed E-state index contributed by atoms with van der Waals surface area (Å²) in [5.74, 6) is 0.722. The van der Waals surface area contributed by atoms with E-state index in [1.165, 1.54) is 22.9 Å². The van der Waals surface area contributed by atoms with E-state index in [0.717, 1.165) is 32.2 Å². The maximum atomic E-state index is 5.58. The van der Waals surface area contributed by atoms with Gasteiger partial charge in [0.2, 0.25) is 0 Å². The highest BCUT2D eigenvalue weighted by atomic mass is 79.9. The van der Waals surface area contributed by atoms with Gasteiger partial charge in [0.15, 0.2) is 0 Å². The van der Waals surface area contributed by atoms with E-state index in [1.807, 2.05) is 0 Å². The second-order valence-corrected chi connectivity index (χ2v) is 6.71. The van der Waals surface area contributed by atoms with E-state index < -0.39 is 0 Å². The lowest BCUT2D eigenvalue weighted by Crippen LogP contribution is -2.41. The molecule has 1 aliphatic rings. The number of nitrogens with zero attached hydrogens (tertiary/aromatic N) is 1. The van der Waals surface area contributed by atoms with Crippen LogP contribution in [-0.4, -0.2) is 51.3 Å². The first-order valence-corrected chi connectivity index (χ1v) is 8.16. The Morgan fingerprint density at radius 3 is 2.80 bits per heavy atom. The molecule has 1 fully saturated rings. The van der Waals surface area contributed by atoms with E-state index in [1.54, 1.807) is 0 Å². The Morgan fingerprint density at radius 1 is 1.30 bits per heavy atom. The number of hydrogen-bond acceptors (Lipinski definition) is 3. The minimum atomic E-state index is 0.663. The highest BCUT2D eigenvalue weighted by molar-refractivity contribution is 9.10. The lowest BCUT2D eigenvalue weighted by Gasteiger charge is -2.36. The molecule has 0 saturated heterocycles. The van der Waals surface area contributed by atoms with Crippen LogP contribution >= 0.6 is 15.9 Å². The SMILES string of the molecule is CN(C)CCOCCNC1CC(c2cccc(Br)c2)C1. The molecule has 0 unspecified atom stereocenters. The molecule has 3 nitrogen and oxygen atoms in total. The number of halogens is 1. The molecule has 0 amide bonds. The van der Waals surface area contributed by atoms with Crippen molar-refractivity contribution < 1.29 is 4.74 Å². The van der Waals surface area contributed by atoms with Crippen molar-refractivity contribution in [2.45, 2.75) is 24.8 Å². The molecule has 0 atom stereocenters. The minimum absolute atomic E-state index is 0.663. The van der Waals surface area contributed by atoms with Crippen molar-refractivity contribution in [3.8, 4) is 0 Å². The molecule has 0 bridgehead atoms. The monoisotopic (exact) mass is 340 g/mol. The van der Waals surface area contributed by atoms with Crippen molar-refractivity contribution in [2.24, 2.45) is 0 Å². The van der Waals surface area contributed by atoms with Gasteiger partial charge in [-0.15, -0.1) is 0 Å². The van der Waals surface area contributed by atoms with Crippen LogP contribution in [0, 0.1) is 0 Å². The van der Waals surface area contributed by atoms with E-state index in [-0.39, 0.29) is 0 Å². The molecule has 1 aliphatic carbocycles. The molecule has 0 radical (unpaired) electrons. The van der Waals surface area contributed by atoms with Gasteiger partial charge in [-0.3, -0.25) is 0 Å². The van der Waals surface area contributed by atoms with Gasteiger partial charge < -0.3 is 15.0 Å². The van der Waals surface area contributed by atoms with E-state index in [9.17, 15) is 0 Å². The first kappa shape index (κ1) is 16.0. The molecule has 1 N–H and O–H groups in total. The highest BCUT2D eigenvalue weighted by Crippen LogP contribution is 2.37. The third-order valence-corrected chi connectivity index (χ3v) is 4.31. The topological polar surface area (TPSA) is 24.5 Å².